The molecule has 0 radical (unpaired) electrons. The van der Waals surface area contributed by atoms with Crippen LogP contribution in [0.25, 0.3) is 0 Å². The number of anilines is 2. The molecule has 1 amide bonds. The molecule has 9 heteroatoms. The molecule has 102 valence electrons. The van der Waals surface area contributed by atoms with Crippen molar-refractivity contribution >= 4 is 23.2 Å². The Labute approximate surface area is 109 Å². The number of hydrogen-bond donors (Lipinski definition) is 2. The number of nitrogens with one attached hydrogen (secondary N) is 1. The molecule has 1 fully saturated rings. The number of nitrogens with two attached hydrogens (primary N) is 1. The average molecular weight is 266 g/mol. The Morgan fingerprint density at radius 2 is 2.21 bits per heavy atom. The van der Waals surface area contributed by atoms with Crippen LogP contribution in [0.5, 0.6) is 0 Å². The standard InChI is InChI=1S/C10H14N6O3/c1-10(2)9(17)12-3-4-15(10)8-6(16(18)19)7(11)13-5-14-8/h5H,3-4H2,1-2H3,(H,12,17)(H2,11,13,14). The number of nitro groups is 1. The van der Waals surface area contributed by atoms with Gasteiger partial charge < -0.3 is 16.0 Å². The van der Waals surface area contributed by atoms with Crippen LogP contribution in [-0.2, 0) is 4.79 Å². The van der Waals surface area contributed by atoms with Gasteiger partial charge in [0.15, 0.2) is 0 Å². The molecule has 1 aromatic heterocycles. The zero-order chi connectivity index (χ0) is 14.2. The first-order chi connectivity index (χ1) is 8.85. The minimum absolute atomic E-state index is 0.0670. The lowest BCUT2D eigenvalue weighted by Crippen LogP contribution is -2.62. The zero-order valence-corrected chi connectivity index (χ0v) is 10.6. The molecule has 0 unspecified atom stereocenters. The number of nitrogen functional groups attached to an aromatic ring is 1. The van der Waals surface area contributed by atoms with E-state index in [9.17, 15) is 14.9 Å². The normalized spacial score (nSPS) is 18.0. The molecule has 9 nitrogen and oxygen atoms in total. The fourth-order valence-electron chi connectivity index (χ4n) is 2.03. The zero-order valence-electron chi connectivity index (χ0n) is 10.6. The van der Waals surface area contributed by atoms with Crippen LogP contribution in [-0.4, -0.2) is 39.4 Å². The average Bonchev–Trinajstić information content (AvgIpc) is 2.31. The summed E-state index contributed by atoms with van der Waals surface area (Å²) in [5, 5.41) is 13.8. The van der Waals surface area contributed by atoms with E-state index in [1.807, 2.05) is 0 Å². The van der Waals surface area contributed by atoms with Crippen molar-refractivity contribution in [3.63, 3.8) is 0 Å². The van der Waals surface area contributed by atoms with Gasteiger partial charge in [-0.2, -0.15) is 0 Å². The molecule has 1 aliphatic rings. The van der Waals surface area contributed by atoms with Gasteiger partial charge in [-0.25, -0.2) is 9.97 Å². The van der Waals surface area contributed by atoms with Crippen molar-refractivity contribution < 1.29 is 9.72 Å². The van der Waals surface area contributed by atoms with E-state index in [0.717, 1.165) is 6.33 Å². The van der Waals surface area contributed by atoms with Crippen LogP contribution in [0.3, 0.4) is 0 Å². The summed E-state index contributed by atoms with van der Waals surface area (Å²) in [7, 11) is 0. The van der Waals surface area contributed by atoms with Crippen molar-refractivity contribution in [3.8, 4) is 0 Å². The topological polar surface area (TPSA) is 127 Å². The molecular weight excluding hydrogens is 252 g/mol. The molecule has 0 saturated carbocycles. The highest BCUT2D eigenvalue weighted by Crippen LogP contribution is 2.34. The summed E-state index contributed by atoms with van der Waals surface area (Å²) in [6, 6.07) is 0. The van der Waals surface area contributed by atoms with Crippen molar-refractivity contribution in [2.75, 3.05) is 23.7 Å². The predicted molar refractivity (Wildman–Crippen MR) is 67.5 cm³/mol. The molecule has 0 aromatic carbocycles. The Kier molecular flexibility index (Phi) is 2.97. The minimum atomic E-state index is -0.941. The SMILES string of the molecule is CC1(C)C(=O)NCCN1c1ncnc(N)c1[N+](=O)[O-]. The number of carbonyl (C=O) groups excluding carboxylic acids is 1. The van der Waals surface area contributed by atoms with Crippen LogP contribution in [0.15, 0.2) is 6.33 Å². The van der Waals surface area contributed by atoms with Crippen LogP contribution in [0.4, 0.5) is 17.3 Å². The summed E-state index contributed by atoms with van der Waals surface area (Å²) >= 11 is 0. The van der Waals surface area contributed by atoms with Crippen molar-refractivity contribution in [1.29, 1.82) is 0 Å². The van der Waals surface area contributed by atoms with E-state index in [-0.39, 0.29) is 23.2 Å². The highest BCUT2D eigenvalue weighted by molar-refractivity contribution is 5.91. The van der Waals surface area contributed by atoms with Gasteiger partial charge in [0.2, 0.25) is 17.5 Å². The Morgan fingerprint density at radius 1 is 1.53 bits per heavy atom. The van der Waals surface area contributed by atoms with Crippen LogP contribution in [0.1, 0.15) is 13.8 Å². The number of carbonyl (C=O) groups is 1. The third kappa shape index (κ3) is 2.02. The lowest BCUT2D eigenvalue weighted by molar-refractivity contribution is -0.383. The summed E-state index contributed by atoms with van der Waals surface area (Å²) in [6.07, 6.45) is 1.15. The number of nitrogens with zero attached hydrogens (tertiary/aromatic N) is 4. The van der Waals surface area contributed by atoms with Gasteiger partial charge in [-0.1, -0.05) is 0 Å². The van der Waals surface area contributed by atoms with E-state index in [1.165, 1.54) is 0 Å². The molecule has 1 aromatic rings. The van der Waals surface area contributed by atoms with Crippen molar-refractivity contribution in [3.05, 3.63) is 16.4 Å². The molecule has 19 heavy (non-hydrogen) atoms. The first kappa shape index (κ1) is 13.0. The van der Waals surface area contributed by atoms with Crippen LogP contribution < -0.4 is 16.0 Å². The van der Waals surface area contributed by atoms with Gasteiger partial charge in [-0.05, 0) is 13.8 Å². The van der Waals surface area contributed by atoms with E-state index in [2.05, 4.69) is 15.3 Å². The van der Waals surface area contributed by atoms with Gasteiger partial charge in [0.25, 0.3) is 0 Å². The van der Waals surface area contributed by atoms with E-state index in [4.69, 9.17) is 5.73 Å². The van der Waals surface area contributed by atoms with Crippen molar-refractivity contribution in [1.82, 2.24) is 15.3 Å². The molecule has 0 spiro atoms. The van der Waals surface area contributed by atoms with Gasteiger partial charge in [-0.3, -0.25) is 14.9 Å². The Bertz CT molecular complexity index is 544. The Balaban J connectivity index is 2.55. The van der Waals surface area contributed by atoms with Crippen LogP contribution >= 0.6 is 0 Å². The largest absolute Gasteiger partial charge is 0.378 e. The number of aromatic nitrogens is 2. The van der Waals surface area contributed by atoms with Gasteiger partial charge in [0, 0.05) is 13.1 Å². The minimum Gasteiger partial charge on any atom is -0.378 e. The first-order valence-electron chi connectivity index (χ1n) is 5.66. The van der Waals surface area contributed by atoms with Gasteiger partial charge in [-0.15, -0.1) is 0 Å². The monoisotopic (exact) mass is 266 g/mol. The maximum Gasteiger partial charge on any atom is 0.353 e. The van der Waals surface area contributed by atoms with E-state index < -0.39 is 10.5 Å². The van der Waals surface area contributed by atoms with Gasteiger partial charge >= 0.3 is 5.69 Å². The lowest BCUT2D eigenvalue weighted by Gasteiger charge is -2.41. The molecule has 0 bridgehead atoms. The third-order valence-electron chi connectivity index (χ3n) is 3.12. The Morgan fingerprint density at radius 3 is 2.84 bits per heavy atom. The number of amides is 1. The second-order valence-electron chi connectivity index (χ2n) is 4.65. The molecule has 2 heterocycles. The lowest BCUT2D eigenvalue weighted by atomic mass is 9.99. The number of rotatable bonds is 2. The summed E-state index contributed by atoms with van der Waals surface area (Å²) in [5.41, 5.74) is 4.22. The molecule has 0 aliphatic carbocycles. The number of hydrogen-bond acceptors (Lipinski definition) is 7. The molecule has 3 N–H and O–H groups in total. The number of piperazine rings is 1. The molecular formula is C10H14N6O3. The van der Waals surface area contributed by atoms with Gasteiger partial charge in [0.05, 0.1) is 4.92 Å². The maximum atomic E-state index is 11.9. The molecule has 2 rings (SSSR count). The molecule has 1 saturated heterocycles. The second-order valence-corrected chi connectivity index (χ2v) is 4.65. The summed E-state index contributed by atoms with van der Waals surface area (Å²) in [6.45, 7) is 4.15. The highest BCUT2D eigenvalue weighted by atomic mass is 16.6. The Hall–Kier alpha value is -2.45. The summed E-state index contributed by atoms with van der Waals surface area (Å²) in [5.74, 6) is -0.362. The van der Waals surface area contributed by atoms with Crippen molar-refractivity contribution in [2.45, 2.75) is 19.4 Å². The van der Waals surface area contributed by atoms with Crippen LogP contribution in [0.2, 0.25) is 0 Å². The molecule has 1 aliphatic heterocycles. The van der Waals surface area contributed by atoms with Crippen molar-refractivity contribution in [2.24, 2.45) is 0 Å². The van der Waals surface area contributed by atoms with Crippen LogP contribution in [0, 0.1) is 10.1 Å². The van der Waals surface area contributed by atoms with Gasteiger partial charge in [0.1, 0.15) is 11.9 Å². The predicted octanol–water partition coefficient (Wildman–Crippen LogP) is -0.318. The highest BCUT2D eigenvalue weighted by Gasteiger charge is 2.41. The van der Waals surface area contributed by atoms with E-state index in [1.54, 1.807) is 18.7 Å². The molecule has 0 atom stereocenters. The third-order valence-corrected chi connectivity index (χ3v) is 3.12. The fourth-order valence-corrected chi connectivity index (χ4v) is 2.03. The summed E-state index contributed by atoms with van der Waals surface area (Å²) in [4.78, 5) is 31.5. The fraction of sp³-hybridized carbons (Fsp3) is 0.500. The maximum absolute atomic E-state index is 11.9. The van der Waals surface area contributed by atoms with E-state index >= 15 is 0 Å². The smallest absolute Gasteiger partial charge is 0.353 e. The first-order valence-corrected chi connectivity index (χ1v) is 5.66. The summed E-state index contributed by atoms with van der Waals surface area (Å²) < 4.78 is 0. The quantitative estimate of drug-likeness (QED) is 0.554. The van der Waals surface area contributed by atoms with E-state index in [0.29, 0.717) is 13.1 Å². The second kappa shape index (κ2) is 4.34.